The molecule has 2 nitrogen and oxygen atoms in total. The van der Waals surface area contributed by atoms with E-state index in [1.165, 1.54) is 0 Å². The highest BCUT2D eigenvalue weighted by molar-refractivity contribution is 6.42. The van der Waals surface area contributed by atoms with Gasteiger partial charge in [-0.2, -0.15) is 0 Å². The maximum atomic E-state index is 9.52. The maximum absolute atomic E-state index is 9.52. The van der Waals surface area contributed by atoms with Gasteiger partial charge in [-0.1, -0.05) is 41.8 Å². The summed E-state index contributed by atoms with van der Waals surface area (Å²) in [4.78, 5) is 0. The van der Waals surface area contributed by atoms with Crippen LogP contribution in [0.2, 0.25) is 10.0 Å². The molecule has 1 unspecified atom stereocenters. The van der Waals surface area contributed by atoms with E-state index in [4.69, 9.17) is 28.3 Å². The van der Waals surface area contributed by atoms with Crippen molar-refractivity contribution in [2.45, 2.75) is 25.3 Å². The number of halogens is 2. The minimum atomic E-state index is -0.666. The molecule has 0 bridgehead atoms. The van der Waals surface area contributed by atoms with Gasteiger partial charge in [-0.3, -0.25) is 0 Å². The predicted molar refractivity (Wildman–Crippen MR) is 74.6 cm³/mol. The minimum Gasteiger partial charge on any atom is -0.394 e. The van der Waals surface area contributed by atoms with Crippen molar-refractivity contribution < 1.29 is 10.2 Å². The molecule has 1 aromatic rings. The highest BCUT2D eigenvalue weighted by Gasteiger charge is 2.17. The van der Waals surface area contributed by atoms with Crippen molar-refractivity contribution in [1.29, 1.82) is 0 Å². The van der Waals surface area contributed by atoms with Crippen LogP contribution in [0.1, 0.15) is 24.7 Å². The molecule has 0 radical (unpaired) electrons. The number of rotatable bonds is 5. The Hall–Kier alpha value is -0.215. The molecule has 0 aromatic heterocycles. The Morgan fingerprint density at radius 3 is 2.47 bits per heavy atom. The highest BCUT2D eigenvalue weighted by atomic mass is 35.5. The van der Waals surface area contributed by atoms with Gasteiger partial charge in [0, 0.05) is 0 Å². The van der Waals surface area contributed by atoms with Gasteiger partial charge >= 0.3 is 0 Å². The molecule has 0 amide bonds. The minimum absolute atomic E-state index is 0.0458. The Morgan fingerprint density at radius 2 is 1.94 bits per heavy atom. The first kappa shape index (κ1) is 14.8. The van der Waals surface area contributed by atoms with Gasteiger partial charge < -0.3 is 10.2 Å². The molecule has 0 heterocycles. The van der Waals surface area contributed by atoms with Gasteiger partial charge in [0.05, 0.1) is 22.8 Å². The summed E-state index contributed by atoms with van der Waals surface area (Å²) in [6.45, 7) is 1.73. The van der Waals surface area contributed by atoms with Crippen LogP contribution in [0.15, 0.2) is 18.2 Å². The van der Waals surface area contributed by atoms with Gasteiger partial charge in [-0.25, -0.2) is 0 Å². The fourth-order valence-electron chi connectivity index (χ4n) is 1.85. The molecule has 1 aromatic carbocycles. The summed E-state index contributed by atoms with van der Waals surface area (Å²) in [7, 11) is 2.07. The normalized spacial score (nSPS) is 16.5. The van der Waals surface area contributed by atoms with Crippen LogP contribution >= 0.6 is 23.2 Å². The molecule has 3 atom stereocenters. The van der Waals surface area contributed by atoms with Crippen LogP contribution in [-0.2, 0) is 0 Å². The van der Waals surface area contributed by atoms with Crippen LogP contribution in [0.5, 0.6) is 0 Å². The average Bonchev–Trinajstić information content (AvgIpc) is 2.31. The number of aliphatic hydroxyl groups is 2. The van der Waals surface area contributed by atoms with Crippen LogP contribution in [0.4, 0.5) is 0 Å². The van der Waals surface area contributed by atoms with Crippen molar-refractivity contribution in [3.63, 3.8) is 0 Å². The van der Waals surface area contributed by atoms with Gasteiger partial charge in [0.25, 0.3) is 0 Å². The summed E-state index contributed by atoms with van der Waals surface area (Å²) in [6.07, 6.45) is 0.125. The zero-order valence-electron chi connectivity index (χ0n) is 10.0. The Labute approximate surface area is 113 Å². The first-order chi connectivity index (χ1) is 7.95. The number of benzene rings is 1. The third-order valence-corrected chi connectivity index (χ3v) is 3.82. The van der Waals surface area contributed by atoms with E-state index in [0.717, 1.165) is 12.0 Å². The van der Waals surface area contributed by atoms with E-state index >= 15 is 0 Å². The van der Waals surface area contributed by atoms with Gasteiger partial charge in [-0.15, -0.1) is 0 Å². The van der Waals surface area contributed by atoms with Gasteiger partial charge in [0.2, 0.25) is 0 Å². The van der Waals surface area contributed by atoms with Crippen LogP contribution < -0.4 is 0 Å². The molecule has 2 N–H and O–H groups in total. The largest absolute Gasteiger partial charge is 0.394 e. The third-order valence-electron chi connectivity index (χ3n) is 3.08. The Bertz CT molecular complexity index is 374. The van der Waals surface area contributed by atoms with E-state index in [9.17, 15) is 5.11 Å². The van der Waals surface area contributed by atoms with Crippen molar-refractivity contribution >= 4 is 31.0 Å². The SMILES string of the molecule is B[C@@H](C[C@H](C)C(O)CO)c1ccc(Cl)c(Cl)c1. The molecule has 1 rings (SSSR count). The molecular formula is C12H17BCl2O2. The molecule has 5 heteroatoms. The molecule has 0 aliphatic rings. The Kier molecular flexibility index (Phi) is 5.80. The summed E-state index contributed by atoms with van der Waals surface area (Å²) in [5.41, 5.74) is 1.09. The lowest BCUT2D eigenvalue weighted by Gasteiger charge is -2.21. The number of aliphatic hydroxyl groups excluding tert-OH is 2. The Morgan fingerprint density at radius 1 is 1.29 bits per heavy atom. The molecule has 0 saturated heterocycles. The predicted octanol–water partition coefficient (Wildman–Crippen LogP) is 2.05. The molecule has 0 saturated carbocycles. The van der Waals surface area contributed by atoms with E-state index in [-0.39, 0.29) is 18.3 Å². The quantitative estimate of drug-likeness (QED) is 0.807. The van der Waals surface area contributed by atoms with Crippen molar-refractivity contribution in [2.75, 3.05) is 6.61 Å². The lowest BCUT2D eigenvalue weighted by Crippen LogP contribution is -2.23. The summed E-state index contributed by atoms with van der Waals surface area (Å²) in [5, 5.41) is 19.5. The standard InChI is InChI=1S/C12H17BCl2O2/c1-7(12(17)6-16)4-9(13)8-2-3-10(14)11(15)5-8/h2-3,5,7,9,12,16-17H,4,6,13H2,1H3/t7-,9-,12?/m0/s1. The smallest absolute Gasteiger partial charge is 0.111 e. The van der Waals surface area contributed by atoms with E-state index in [1.54, 1.807) is 6.07 Å². The van der Waals surface area contributed by atoms with Crippen molar-refractivity contribution in [1.82, 2.24) is 0 Å². The van der Waals surface area contributed by atoms with E-state index in [0.29, 0.717) is 10.0 Å². The Balaban J connectivity index is 2.69. The molecule has 0 fully saturated rings. The molecule has 17 heavy (non-hydrogen) atoms. The molecular weight excluding hydrogens is 258 g/mol. The van der Waals surface area contributed by atoms with Crippen LogP contribution in [0.25, 0.3) is 0 Å². The second kappa shape index (κ2) is 6.65. The first-order valence-electron chi connectivity index (χ1n) is 5.69. The number of hydrogen-bond acceptors (Lipinski definition) is 2. The zero-order valence-corrected chi connectivity index (χ0v) is 11.5. The zero-order chi connectivity index (χ0) is 13.0. The van der Waals surface area contributed by atoms with Crippen LogP contribution in [-0.4, -0.2) is 30.8 Å². The topological polar surface area (TPSA) is 40.5 Å². The highest BCUT2D eigenvalue weighted by Crippen LogP contribution is 2.28. The van der Waals surface area contributed by atoms with E-state index in [2.05, 4.69) is 7.85 Å². The molecule has 0 spiro atoms. The summed E-state index contributed by atoms with van der Waals surface area (Å²) >= 11 is 11.8. The second-order valence-corrected chi connectivity index (χ2v) is 5.35. The lowest BCUT2D eigenvalue weighted by molar-refractivity contribution is 0.0500. The average molecular weight is 275 g/mol. The third kappa shape index (κ3) is 4.18. The summed E-state index contributed by atoms with van der Waals surface area (Å²) in [6, 6.07) is 5.58. The van der Waals surface area contributed by atoms with Crippen LogP contribution in [0.3, 0.4) is 0 Å². The summed E-state index contributed by atoms with van der Waals surface area (Å²) < 4.78 is 0. The lowest BCUT2D eigenvalue weighted by atomic mass is 9.74. The monoisotopic (exact) mass is 274 g/mol. The van der Waals surface area contributed by atoms with Crippen molar-refractivity contribution in [3.05, 3.63) is 33.8 Å². The van der Waals surface area contributed by atoms with Crippen molar-refractivity contribution in [3.8, 4) is 0 Å². The fraction of sp³-hybridized carbons (Fsp3) is 0.500. The second-order valence-electron chi connectivity index (χ2n) is 4.54. The van der Waals surface area contributed by atoms with E-state index in [1.807, 2.05) is 19.1 Å². The molecule has 94 valence electrons. The first-order valence-corrected chi connectivity index (χ1v) is 6.45. The van der Waals surface area contributed by atoms with Gasteiger partial charge in [0.15, 0.2) is 0 Å². The molecule has 0 aliphatic carbocycles. The number of hydrogen-bond donors (Lipinski definition) is 2. The van der Waals surface area contributed by atoms with Gasteiger partial charge in [-0.05, 0) is 30.3 Å². The van der Waals surface area contributed by atoms with E-state index < -0.39 is 6.10 Å². The van der Waals surface area contributed by atoms with Gasteiger partial charge in [0.1, 0.15) is 7.85 Å². The summed E-state index contributed by atoms with van der Waals surface area (Å²) in [5.74, 6) is 0.311. The molecule has 0 aliphatic heterocycles. The van der Waals surface area contributed by atoms with Crippen molar-refractivity contribution in [2.24, 2.45) is 5.92 Å². The fourth-order valence-corrected chi connectivity index (χ4v) is 2.16. The van der Waals surface area contributed by atoms with Crippen LogP contribution in [0, 0.1) is 5.92 Å². The maximum Gasteiger partial charge on any atom is 0.111 e.